The second-order valence-corrected chi connectivity index (χ2v) is 9.54. The number of aromatic hydroxyl groups is 2. The van der Waals surface area contributed by atoms with Gasteiger partial charge in [0, 0.05) is 32.3 Å². The summed E-state index contributed by atoms with van der Waals surface area (Å²) in [5, 5.41) is 40.6. The van der Waals surface area contributed by atoms with E-state index >= 15 is 0 Å². The van der Waals surface area contributed by atoms with Crippen LogP contribution < -0.4 is 14.4 Å². The predicted octanol–water partition coefficient (Wildman–Crippen LogP) is 7.96. The van der Waals surface area contributed by atoms with Crippen molar-refractivity contribution >= 4 is 22.7 Å². The molecule has 0 bridgehead atoms. The van der Waals surface area contributed by atoms with Crippen LogP contribution in [0.2, 0.25) is 0 Å². The minimum absolute atomic E-state index is 0.103. The second kappa shape index (κ2) is 14.8. The van der Waals surface area contributed by atoms with Gasteiger partial charge in [0.15, 0.2) is 11.5 Å². The molecule has 2 atom stereocenters. The largest absolute Gasteiger partial charge is 0.506 e. The van der Waals surface area contributed by atoms with E-state index in [0.717, 1.165) is 57.1 Å². The lowest BCUT2D eigenvalue weighted by Gasteiger charge is -2.22. The molecule has 0 unspecified atom stereocenters. The Bertz CT molecular complexity index is 1120. The van der Waals surface area contributed by atoms with Crippen LogP contribution in [0.15, 0.2) is 47.1 Å². The first-order valence-corrected chi connectivity index (χ1v) is 13.0. The Hall–Kier alpha value is -3.82. The molecule has 0 aliphatic heterocycles. The smallest absolute Gasteiger partial charge is 0.314 e. The van der Waals surface area contributed by atoms with E-state index in [2.05, 4.69) is 23.7 Å². The SMILES string of the molecule is C=CCC[C@H](C)Oc1cc(N=Nc2cc(O)c([N+](=O)[O-])cc2O[C@@H](C)CCCCCC)c(O)cc1N(C)C. The monoisotopic (exact) mass is 528 g/mol. The van der Waals surface area contributed by atoms with Gasteiger partial charge in [0.1, 0.15) is 22.9 Å². The third-order valence-corrected chi connectivity index (χ3v) is 5.95. The van der Waals surface area contributed by atoms with Gasteiger partial charge in [0.25, 0.3) is 0 Å². The average molecular weight is 529 g/mol. The lowest BCUT2D eigenvalue weighted by atomic mass is 10.1. The maximum atomic E-state index is 11.4. The molecular formula is C28H40N4O6. The van der Waals surface area contributed by atoms with Gasteiger partial charge in [-0.3, -0.25) is 10.1 Å². The van der Waals surface area contributed by atoms with Crippen molar-refractivity contribution < 1.29 is 24.6 Å². The molecule has 2 aromatic carbocycles. The van der Waals surface area contributed by atoms with Gasteiger partial charge in [-0.15, -0.1) is 16.8 Å². The van der Waals surface area contributed by atoms with E-state index in [1.807, 2.05) is 38.9 Å². The Morgan fingerprint density at radius 1 is 0.974 bits per heavy atom. The van der Waals surface area contributed by atoms with Crippen molar-refractivity contribution in [2.24, 2.45) is 10.2 Å². The molecular weight excluding hydrogens is 488 g/mol. The van der Waals surface area contributed by atoms with E-state index in [9.17, 15) is 20.3 Å². The number of phenolic OH excluding ortho intramolecular Hbond substituents is 2. The topological polar surface area (TPSA) is 130 Å². The summed E-state index contributed by atoms with van der Waals surface area (Å²) in [4.78, 5) is 12.5. The standard InChI is InChI=1S/C28H40N4O6/c1-7-9-11-12-14-20(4)37-27-18-23(32(35)36)26(34)15-22(27)30-29-21-16-28(38-19(3)13-10-8-2)24(31(5)6)17-25(21)33/h8,15-20,33-34H,2,7,9-14H2,1,3-6H3/t19-,20-/m0/s1. The zero-order valence-corrected chi connectivity index (χ0v) is 23.0. The number of azo groups is 1. The zero-order chi connectivity index (χ0) is 28.2. The summed E-state index contributed by atoms with van der Waals surface area (Å²) in [5.41, 5.74) is 0.421. The number of phenols is 2. The number of hydrogen-bond donors (Lipinski definition) is 2. The second-order valence-electron chi connectivity index (χ2n) is 9.54. The molecule has 0 aliphatic rings. The molecule has 10 heteroatoms. The van der Waals surface area contributed by atoms with Crippen molar-refractivity contribution in [2.45, 2.75) is 77.9 Å². The summed E-state index contributed by atoms with van der Waals surface area (Å²) in [6.45, 7) is 9.71. The molecule has 0 aromatic heterocycles. The number of nitrogens with zero attached hydrogens (tertiary/aromatic N) is 4. The molecule has 0 amide bonds. The maximum Gasteiger partial charge on any atom is 0.314 e. The van der Waals surface area contributed by atoms with E-state index in [0.29, 0.717) is 11.4 Å². The molecule has 2 N–H and O–H groups in total. The number of nitro groups is 1. The van der Waals surface area contributed by atoms with Crippen LogP contribution in [-0.4, -0.2) is 41.4 Å². The molecule has 0 spiro atoms. The summed E-state index contributed by atoms with van der Waals surface area (Å²) in [6.07, 6.45) is 8.12. The van der Waals surface area contributed by atoms with Crippen LogP contribution in [0.5, 0.6) is 23.0 Å². The van der Waals surface area contributed by atoms with Crippen LogP contribution in [-0.2, 0) is 0 Å². The van der Waals surface area contributed by atoms with E-state index in [1.165, 1.54) is 6.07 Å². The Balaban J connectivity index is 2.40. The average Bonchev–Trinajstić information content (AvgIpc) is 2.86. The third kappa shape index (κ3) is 8.93. The van der Waals surface area contributed by atoms with E-state index in [4.69, 9.17) is 9.47 Å². The van der Waals surface area contributed by atoms with E-state index < -0.39 is 16.4 Å². The van der Waals surface area contributed by atoms with Gasteiger partial charge in [-0.05, 0) is 39.5 Å². The summed E-state index contributed by atoms with van der Waals surface area (Å²) in [7, 11) is 3.67. The molecule has 208 valence electrons. The minimum Gasteiger partial charge on any atom is -0.506 e. The van der Waals surface area contributed by atoms with Gasteiger partial charge in [0.05, 0.1) is 28.9 Å². The molecule has 0 saturated heterocycles. The van der Waals surface area contributed by atoms with Crippen molar-refractivity contribution in [3.05, 3.63) is 47.0 Å². The third-order valence-electron chi connectivity index (χ3n) is 5.95. The van der Waals surface area contributed by atoms with Crippen LogP contribution in [0.3, 0.4) is 0 Å². The summed E-state index contributed by atoms with van der Waals surface area (Å²) in [5.74, 6) is -0.0391. The Morgan fingerprint density at radius 3 is 2.26 bits per heavy atom. The molecule has 2 rings (SSSR count). The van der Waals surface area contributed by atoms with Crippen molar-refractivity contribution in [3.8, 4) is 23.0 Å². The first kappa shape index (κ1) is 30.4. The number of benzene rings is 2. The lowest BCUT2D eigenvalue weighted by molar-refractivity contribution is -0.385. The number of nitro benzene ring substituents is 1. The van der Waals surface area contributed by atoms with Crippen LogP contribution in [0.25, 0.3) is 0 Å². The van der Waals surface area contributed by atoms with Crippen molar-refractivity contribution in [3.63, 3.8) is 0 Å². The van der Waals surface area contributed by atoms with Crippen LogP contribution in [0, 0.1) is 10.1 Å². The highest BCUT2D eigenvalue weighted by Gasteiger charge is 2.21. The first-order chi connectivity index (χ1) is 18.1. The minimum atomic E-state index is -0.683. The number of ether oxygens (including phenoxy) is 2. The number of anilines is 1. The molecule has 38 heavy (non-hydrogen) atoms. The van der Waals surface area contributed by atoms with Crippen molar-refractivity contribution in [2.75, 3.05) is 19.0 Å². The summed E-state index contributed by atoms with van der Waals surface area (Å²) in [6, 6.07) is 5.41. The molecule has 0 aliphatic carbocycles. The fourth-order valence-electron chi connectivity index (χ4n) is 3.81. The molecule has 0 heterocycles. The molecule has 0 radical (unpaired) electrons. The number of rotatable bonds is 16. The number of hydrogen-bond acceptors (Lipinski definition) is 9. The Kier molecular flexibility index (Phi) is 11.8. The quantitative estimate of drug-likeness (QED) is 0.0743. The number of allylic oxidation sites excluding steroid dienone is 1. The van der Waals surface area contributed by atoms with Crippen LogP contribution in [0.4, 0.5) is 22.7 Å². The maximum absolute atomic E-state index is 11.4. The summed E-state index contributed by atoms with van der Waals surface area (Å²) < 4.78 is 12.1. The highest BCUT2D eigenvalue weighted by atomic mass is 16.6. The highest BCUT2D eigenvalue weighted by molar-refractivity contribution is 5.69. The van der Waals surface area contributed by atoms with Crippen molar-refractivity contribution in [1.82, 2.24) is 0 Å². The predicted molar refractivity (Wildman–Crippen MR) is 150 cm³/mol. The number of unbranched alkanes of at least 4 members (excludes halogenated alkanes) is 3. The molecule has 10 nitrogen and oxygen atoms in total. The fourth-order valence-corrected chi connectivity index (χ4v) is 3.81. The van der Waals surface area contributed by atoms with Crippen LogP contribution >= 0.6 is 0 Å². The lowest BCUT2D eigenvalue weighted by Crippen LogP contribution is -2.15. The summed E-state index contributed by atoms with van der Waals surface area (Å²) >= 11 is 0. The van der Waals surface area contributed by atoms with Crippen LogP contribution in [0.1, 0.15) is 65.7 Å². The molecule has 2 aromatic rings. The highest BCUT2D eigenvalue weighted by Crippen LogP contribution is 2.43. The fraction of sp³-hybridized carbons (Fsp3) is 0.500. The van der Waals surface area contributed by atoms with Gasteiger partial charge in [0.2, 0.25) is 0 Å². The molecule has 0 saturated carbocycles. The molecule has 0 fully saturated rings. The van der Waals surface area contributed by atoms with Gasteiger partial charge in [-0.1, -0.05) is 32.3 Å². The van der Waals surface area contributed by atoms with Crippen molar-refractivity contribution in [1.29, 1.82) is 0 Å². The van der Waals surface area contributed by atoms with E-state index in [-0.39, 0.29) is 35.1 Å². The van der Waals surface area contributed by atoms with Gasteiger partial charge in [-0.2, -0.15) is 0 Å². The normalized spacial score (nSPS) is 12.8. The Morgan fingerprint density at radius 2 is 1.63 bits per heavy atom. The Labute approximate surface area is 224 Å². The van der Waals surface area contributed by atoms with Gasteiger partial charge < -0.3 is 24.6 Å². The zero-order valence-electron chi connectivity index (χ0n) is 23.0. The first-order valence-electron chi connectivity index (χ1n) is 13.0. The van der Waals surface area contributed by atoms with Gasteiger partial charge in [-0.25, -0.2) is 0 Å². The van der Waals surface area contributed by atoms with Gasteiger partial charge >= 0.3 is 5.69 Å². The van der Waals surface area contributed by atoms with E-state index in [1.54, 1.807) is 6.07 Å².